The van der Waals surface area contributed by atoms with Crippen molar-refractivity contribution in [1.82, 2.24) is 24.4 Å². The Balaban J connectivity index is 1.26. The van der Waals surface area contributed by atoms with Crippen molar-refractivity contribution in [2.24, 2.45) is 0 Å². The molecule has 2 aliphatic rings. The van der Waals surface area contributed by atoms with Gasteiger partial charge in [-0.15, -0.1) is 0 Å². The van der Waals surface area contributed by atoms with Gasteiger partial charge in [0.05, 0.1) is 13.4 Å². The van der Waals surface area contributed by atoms with Gasteiger partial charge in [-0.2, -0.15) is 9.97 Å². The van der Waals surface area contributed by atoms with E-state index in [1.165, 1.54) is 31.2 Å². The lowest BCUT2D eigenvalue weighted by Crippen LogP contribution is -2.46. The van der Waals surface area contributed by atoms with Crippen molar-refractivity contribution >= 4 is 22.9 Å². The minimum absolute atomic E-state index is 0.482. The van der Waals surface area contributed by atoms with Crippen LogP contribution < -0.4 is 15.0 Å². The van der Waals surface area contributed by atoms with Crippen molar-refractivity contribution in [2.75, 3.05) is 50.1 Å². The van der Waals surface area contributed by atoms with Gasteiger partial charge in [-0.3, -0.25) is 0 Å². The molecule has 1 saturated carbocycles. The molecule has 6 rings (SSSR count). The van der Waals surface area contributed by atoms with E-state index in [1.54, 1.807) is 7.11 Å². The van der Waals surface area contributed by atoms with E-state index < -0.39 is 0 Å². The molecule has 0 bridgehead atoms. The van der Waals surface area contributed by atoms with Gasteiger partial charge < -0.3 is 24.4 Å². The van der Waals surface area contributed by atoms with Crippen LogP contribution in [0.4, 0.5) is 11.8 Å². The number of para-hydroxylation sites is 1. The average molecular weight is 512 g/mol. The number of benzene rings is 2. The van der Waals surface area contributed by atoms with E-state index in [1.807, 2.05) is 24.5 Å². The Hall–Kier alpha value is -3.65. The predicted octanol–water partition coefficient (Wildman–Crippen LogP) is 5.37. The number of hydrogen-bond donors (Lipinski definition) is 1. The first-order valence-corrected chi connectivity index (χ1v) is 13.9. The number of rotatable bonds is 8. The predicted molar refractivity (Wildman–Crippen MR) is 153 cm³/mol. The van der Waals surface area contributed by atoms with Crippen LogP contribution in [0.3, 0.4) is 0 Å². The van der Waals surface area contributed by atoms with E-state index in [-0.39, 0.29) is 0 Å². The molecule has 2 aromatic heterocycles. The third kappa shape index (κ3) is 4.92. The molecule has 38 heavy (non-hydrogen) atoms. The third-order valence-electron chi connectivity index (χ3n) is 8.06. The maximum Gasteiger partial charge on any atom is 0.229 e. The molecule has 0 radical (unpaired) electrons. The van der Waals surface area contributed by atoms with Crippen LogP contribution >= 0.6 is 0 Å². The zero-order valence-corrected chi connectivity index (χ0v) is 22.4. The second-order valence-corrected chi connectivity index (χ2v) is 10.3. The number of nitrogens with zero attached hydrogens (tertiary/aromatic N) is 6. The number of likely N-dealkylation sites (N-methyl/N-ethyl adjacent to an activating group) is 1. The number of piperazine rings is 1. The monoisotopic (exact) mass is 511 g/mol. The van der Waals surface area contributed by atoms with Crippen LogP contribution in [0.1, 0.15) is 44.2 Å². The number of nitrogens with one attached hydrogen (secondary N) is 1. The van der Waals surface area contributed by atoms with Crippen molar-refractivity contribution in [1.29, 1.82) is 0 Å². The number of anilines is 2. The minimum Gasteiger partial charge on any atom is -0.496 e. The van der Waals surface area contributed by atoms with E-state index in [0.29, 0.717) is 12.6 Å². The first-order chi connectivity index (χ1) is 18.7. The van der Waals surface area contributed by atoms with Gasteiger partial charge in [-0.05, 0) is 36.6 Å². The van der Waals surface area contributed by atoms with Gasteiger partial charge in [0.25, 0.3) is 0 Å². The molecule has 8 heteroatoms. The normalized spacial score (nSPS) is 16.8. The molecule has 0 spiro atoms. The summed E-state index contributed by atoms with van der Waals surface area (Å²) in [6, 6.07) is 17.2. The van der Waals surface area contributed by atoms with Gasteiger partial charge in [0.15, 0.2) is 17.0 Å². The molecule has 1 N–H and O–H groups in total. The fraction of sp³-hybridized carbons (Fsp3) is 0.433. The largest absolute Gasteiger partial charge is 0.496 e. The third-order valence-corrected chi connectivity index (χ3v) is 8.06. The molecular weight excluding hydrogens is 474 g/mol. The van der Waals surface area contributed by atoms with Crippen LogP contribution in [0, 0.1) is 0 Å². The lowest BCUT2D eigenvalue weighted by molar-refractivity contribution is 0.270. The molecule has 3 heterocycles. The average Bonchev–Trinajstić information content (AvgIpc) is 3.66. The highest BCUT2D eigenvalue weighted by Crippen LogP contribution is 2.34. The van der Waals surface area contributed by atoms with Crippen molar-refractivity contribution in [3.05, 3.63) is 60.4 Å². The molecule has 0 atom stereocenters. The molecule has 0 unspecified atom stereocenters. The molecule has 0 amide bonds. The van der Waals surface area contributed by atoms with Crippen LogP contribution in [0.2, 0.25) is 0 Å². The van der Waals surface area contributed by atoms with E-state index in [0.717, 1.165) is 72.5 Å². The van der Waals surface area contributed by atoms with E-state index >= 15 is 0 Å². The highest BCUT2D eigenvalue weighted by molar-refractivity contribution is 5.84. The number of methoxy groups -OCH3 is 1. The van der Waals surface area contributed by atoms with Crippen LogP contribution in [0.5, 0.6) is 5.75 Å². The van der Waals surface area contributed by atoms with E-state index in [4.69, 9.17) is 19.7 Å². The van der Waals surface area contributed by atoms with Crippen molar-refractivity contribution < 1.29 is 4.74 Å². The smallest absolute Gasteiger partial charge is 0.229 e. The molecule has 8 nitrogen and oxygen atoms in total. The van der Waals surface area contributed by atoms with Gasteiger partial charge in [-0.25, -0.2) is 4.98 Å². The second kappa shape index (κ2) is 11.0. The maximum absolute atomic E-state index is 5.55. The Labute approximate surface area is 224 Å². The van der Waals surface area contributed by atoms with E-state index in [9.17, 15) is 0 Å². The van der Waals surface area contributed by atoms with Crippen LogP contribution in [-0.4, -0.2) is 64.3 Å². The molecule has 1 aliphatic heterocycles. The maximum atomic E-state index is 5.55. The summed E-state index contributed by atoms with van der Waals surface area (Å²) in [6.45, 7) is 7.95. The van der Waals surface area contributed by atoms with Crippen molar-refractivity contribution in [3.63, 3.8) is 0 Å². The summed E-state index contributed by atoms with van der Waals surface area (Å²) in [7, 11) is 1.71. The summed E-state index contributed by atoms with van der Waals surface area (Å²) in [6.07, 6.45) is 6.92. The number of fused-ring (bicyclic) bond motifs is 1. The molecule has 2 aromatic carbocycles. The summed E-state index contributed by atoms with van der Waals surface area (Å²) >= 11 is 0. The molecular formula is C30H37N7O. The topological polar surface area (TPSA) is 71.3 Å². The zero-order chi connectivity index (χ0) is 25.9. The van der Waals surface area contributed by atoms with Gasteiger partial charge in [-0.1, -0.05) is 62.2 Å². The van der Waals surface area contributed by atoms with Gasteiger partial charge >= 0.3 is 0 Å². The Bertz CT molecular complexity index is 1370. The Morgan fingerprint density at radius 2 is 1.71 bits per heavy atom. The van der Waals surface area contributed by atoms with Gasteiger partial charge in [0.1, 0.15) is 5.75 Å². The van der Waals surface area contributed by atoms with E-state index in [2.05, 4.69) is 56.9 Å². The van der Waals surface area contributed by atoms with Crippen molar-refractivity contribution in [2.45, 2.75) is 45.2 Å². The van der Waals surface area contributed by atoms with Crippen molar-refractivity contribution in [3.8, 4) is 16.9 Å². The zero-order valence-electron chi connectivity index (χ0n) is 22.4. The highest BCUT2D eigenvalue weighted by Gasteiger charge is 2.24. The number of imidazole rings is 1. The fourth-order valence-electron chi connectivity index (χ4n) is 5.75. The molecule has 4 aromatic rings. The van der Waals surface area contributed by atoms with Gasteiger partial charge in [0, 0.05) is 44.3 Å². The molecule has 2 fully saturated rings. The Kier molecular flexibility index (Phi) is 7.14. The number of ether oxygens (including phenoxy) is 1. The summed E-state index contributed by atoms with van der Waals surface area (Å²) < 4.78 is 7.84. The quantitative estimate of drug-likeness (QED) is 0.341. The minimum atomic E-state index is 0.482. The summed E-state index contributed by atoms with van der Waals surface area (Å²) in [5, 5.41) is 3.60. The summed E-state index contributed by atoms with van der Waals surface area (Å²) in [5.41, 5.74) is 5.23. The first kappa shape index (κ1) is 24.7. The Morgan fingerprint density at radius 3 is 2.45 bits per heavy atom. The van der Waals surface area contributed by atoms with Crippen LogP contribution in [-0.2, 0) is 6.54 Å². The lowest BCUT2D eigenvalue weighted by Gasteiger charge is -2.34. The molecule has 1 saturated heterocycles. The molecule has 1 aliphatic carbocycles. The fourth-order valence-corrected chi connectivity index (χ4v) is 5.75. The summed E-state index contributed by atoms with van der Waals surface area (Å²) in [5.74, 6) is 2.50. The second-order valence-electron chi connectivity index (χ2n) is 10.3. The highest BCUT2D eigenvalue weighted by atomic mass is 16.5. The van der Waals surface area contributed by atoms with Gasteiger partial charge in [0.2, 0.25) is 5.95 Å². The summed E-state index contributed by atoms with van der Waals surface area (Å²) in [4.78, 5) is 19.7. The standard InChI is InChI=1S/C30H37N7O/c1-3-35-16-18-36(19-17-35)30-33-28(27-29(34-30)37(21-32-27)24-8-4-5-9-24)31-20-22-12-14-23(15-13-22)25-10-6-7-11-26(25)38-2/h6-7,10-15,21,24H,3-5,8-9,16-20H2,1-2H3,(H,31,33,34). The Morgan fingerprint density at radius 1 is 0.947 bits per heavy atom. The van der Waals surface area contributed by atoms with Crippen LogP contribution in [0.25, 0.3) is 22.3 Å². The lowest BCUT2D eigenvalue weighted by atomic mass is 10.0. The van der Waals surface area contributed by atoms with Crippen LogP contribution in [0.15, 0.2) is 54.9 Å². The SMILES string of the molecule is CCN1CCN(c2nc(NCc3ccc(-c4ccccc4OC)cc3)c3ncn(C4CCCC4)c3n2)CC1. The molecule has 198 valence electrons. The number of aromatic nitrogens is 4. The first-order valence-electron chi connectivity index (χ1n) is 13.9. The number of hydrogen-bond acceptors (Lipinski definition) is 7.